The first kappa shape index (κ1) is 23.3. The highest BCUT2D eigenvalue weighted by Gasteiger charge is 2.21. The molecule has 0 radical (unpaired) electrons. The fourth-order valence-electron chi connectivity index (χ4n) is 4.46. The molecule has 5 rings (SSSR count). The van der Waals surface area contributed by atoms with Gasteiger partial charge in [-0.2, -0.15) is 0 Å². The van der Waals surface area contributed by atoms with Gasteiger partial charge < -0.3 is 15.2 Å². The summed E-state index contributed by atoms with van der Waals surface area (Å²) in [6, 6.07) is 20.0. The van der Waals surface area contributed by atoms with Gasteiger partial charge >= 0.3 is 5.69 Å². The number of H-pyrrole nitrogens is 1. The topological polar surface area (TPSA) is 104 Å². The largest absolute Gasteiger partial charge is 0.339 e. The van der Waals surface area contributed by atoms with Crippen molar-refractivity contribution in [2.75, 3.05) is 18.4 Å². The van der Waals surface area contributed by atoms with Crippen LogP contribution < -0.4 is 16.6 Å². The molecule has 8 heteroatoms. The summed E-state index contributed by atoms with van der Waals surface area (Å²) in [5.74, 6) is 0.248. The van der Waals surface area contributed by atoms with Crippen LogP contribution in [0.25, 0.3) is 16.6 Å². The number of anilines is 1. The number of hydrogen-bond donors (Lipinski definition) is 2. The Balaban J connectivity index is 1.34. The molecule has 2 amide bonds. The summed E-state index contributed by atoms with van der Waals surface area (Å²) >= 11 is 0. The van der Waals surface area contributed by atoms with E-state index in [1.165, 1.54) is 12.1 Å². The minimum absolute atomic E-state index is 0.000538. The van der Waals surface area contributed by atoms with Crippen molar-refractivity contribution in [2.24, 2.45) is 5.92 Å². The third-order valence-corrected chi connectivity index (χ3v) is 6.63. The van der Waals surface area contributed by atoms with Crippen LogP contribution in [0.1, 0.15) is 40.5 Å². The van der Waals surface area contributed by atoms with E-state index in [-0.39, 0.29) is 17.0 Å². The molecule has 0 bridgehead atoms. The number of amides is 2. The summed E-state index contributed by atoms with van der Waals surface area (Å²) in [5.41, 5.74) is 1.11. The predicted octanol–water partition coefficient (Wildman–Crippen LogP) is 3.80. The minimum Gasteiger partial charge on any atom is -0.339 e. The second kappa shape index (κ2) is 9.65. The Morgan fingerprint density at radius 3 is 2.25 bits per heavy atom. The van der Waals surface area contributed by atoms with E-state index in [1.54, 1.807) is 60.7 Å². The monoisotopic (exact) mass is 482 g/mol. The lowest BCUT2D eigenvalue weighted by molar-refractivity contribution is 0.0697. The molecule has 1 fully saturated rings. The Labute approximate surface area is 207 Å². The number of para-hydroxylation sites is 1. The van der Waals surface area contributed by atoms with E-state index in [4.69, 9.17) is 0 Å². The van der Waals surface area contributed by atoms with E-state index >= 15 is 0 Å². The van der Waals surface area contributed by atoms with Crippen LogP contribution in [-0.4, -0.2) is 39.4 Å². The molecule has 8 nitrogen and oxygen atoms in total. The molecular formula is C28H26N4O4. The first-order valence-electron chi connectivity index (χ1n) is 12.0. The van der Waals surface area contributed by atoms with Gasteiger partial charge in [-0.25, -0.2) is 9.36 Å². The van der Waals surface area contributed by atoms with E-state index in [2.05, 4.69) is 17.2 Å². The van der Waals surface area contributed by atoms with Gasteiger partial charge in [-0.15, -0.1) is 0 Å². The molecule has 0 spiro atoms. The summed E-state index contributed by atoms with van der Waals surface area (Å²) in [6.45, 7) is 3.73. The molecule has 0 aliphatic carbocycles. The third kappa shape index (κ3) is 4.57. The van der Waals surface area contributed by atoms with Gasteiger partial charge in [0.1, 0.15) is 0 Å². The van der Waals surface area contributed by atoms with Crippen LogP contribution in [0.5, 0.6) is 0 Å². The second-order valence-electron chi connectivity index (χ2n) is 9.17. The van der Waals surface area contributed by atoms with E-state index in [0.29, 0.717) is 28.2 Å². The molecule has 36 heavy (non-hydrogen) atoms. The molecule has 1 aliphatic rings. The number of fused-ring (bicyclic) bond motifs is 1. The van der Waals surface area contributed by atoms with Gasteiger partial charge in [0.15, 0.2) is 0 Å². The Morgan fingerprint density at radius 1 is 0.889 bits per heavy atom. The smallest absolute Gasteiger partial charge is 0.333 e. The summed E-state index contributed by atoms with van der Waals surface area (Å²) in [4.78, 5) is 55.7. The quantitative estimate of drug-likeness (QED) is 0.462. The van der Waals surface area contributed by atoms with E-state index in [0.717, 1.165) is 30.5 Å². The van der Waals surface area contributed by atoms with Crippen LogP contribution in [-0.2, 0) is 0 Å². The maximum Gasteiger partial charge on any atom is 0.333 e. The predicted molar refractivity (Wildman–Crippen MR) is 139 cm³/mol. The molecule has 2 heterocycles. The number of rotatable bonds is 4. The number of piperidine rings is 1. The van der Waals surface area contributed by atoms with Crippen LogP contribution >= 0.6 is 0 Å². The van der Waals surface area contributed by atoms with Crippen molar-refractivity contribution in [3.05, 3.63) is 105 Å². The Morgan fingerprint density at radius 2 is 1.56 bits per heavy atom. The van der Waals surface area contributed by atoms with E-state index in [1.807, 2.05) is 4.90 Å². The van der Waals surface area contributed by atoms with Gasteiger partial charge in [0.05, 0.1) is 16.6 Å². The molecule has 1 saturated heterocycles. The van der Waals surface area contributed by atoms with Crippen molar-refractivity contribution >= 4 is 28.4 Å². The van der Waals surface area contributed by atoms with Crippen molar-refractivity contribution in [1.82, 2.24) is 14.5 Å². The standard InChI is InChI=1S/C28H26N4O4/c1-18-13-15-31(16-14-18)26(34)19-7-10-21(11-8-19)29-25(33)20-9-12-23-24(17-20)30-28(36)32(27(23)35)22-5-3-2-4-6-22/h2-12,17-18H,13-16H2,1H3,(H,29,33)(H,30,36). The summed E-state index contributed by atoms with van der Waals surface area (Å²) in [7, 11) is 0. The lowest BCUT2D eigenvalue weighted by Crippen LogP contribution is -2.37. The fraction of sp³-hybridized carbons (Fsp3) is 0.214. The molecule has 0 atom stereocenters. The van der Waals surface area contributed by atoms with Gasteiger partial charge in [-0.05, 0) is 73.4 Å². The molecule has 0 unspecified atom stereocenters. The van der Waals surface area contributed by atoms with Gasteiger partial charge in [0.25, 0.3) is 17.4 Å². The zero-order valence-corrected chi connectivity index (χ0v) is 19.9. The second-order valence-corrected chi connectivity index (χ2v) is 9.17. The number of nitrogens with zero attached hydrogens (tertiary/aromatic N) is 2. The van der Waals surface area contributed by atoms with Gasteiger partial charge in [0, 0.05) is 29.9 Å². The summed E-state index contributed by atoms with van der Waals surface area (Å²) < 4.78 is 1.06. The number of benzene rings is 3. The SMILES string of the molecule is CC1CCN(C(=O)c2ccc(NC(=O)c3ccc4c(=O)n(-c5ccccc5)c(=O)[nH]c4c3)cc2)CC1. The number of aromatic amines is 1. The van der Waals surface area contributed by atoms with Crippen LogP contribution in [0.2, 0.25) is 0 Å². The Bertz CT molecular complexity index is 1550. The zero-order chi connectivity index (χ0) is 25.2. The van der Waals surface area contributed by atoms with Crippen LogP contribution in [0.15, 0.2) is 82.4 Å². The molecule has 3 aromatic carbocycles. The van der Waals surface area contributed by atoms with Crippen LogP contribution in [0, 0.1) is 5.92 Å². The van der Waals surface area contributed by atoms with E-state index < -0.39 is 17.2 Å². The lowest BCUT2D eigenvalue weighted by atomic mass is 9.98. The Hall–Kier alpha value is -4.46. The minimum atomic E-state index is -0.584. The van der Waals surface area contributed by atoms with Crippen LogP contribution in [0.3, 0.4) is 0 Å². The maximum atomic E-state index is 13.0. The van der Waals surface area contributed by atoms with Crippen molar-refractivity contribution in [1.29, 1.82) is 0 Å². The molecular weight excluding hydrogens is 456 g/mol. The van der Waals surface area contributed by atoms with Crippen molar-refractivity contribution < 1.29 is 9.59 Å². The molecule has 1 aromatic heterocycles. The average molecular weight is 483 g/mol. The number of carbonyl (C=O) groups excluding carboxylic acids is 2. The Kier molecular flexibility index (Phi) is 6.25. The third-order valence-electron chi connectivity index (χ3n) is 6.63. The number of aromatic nitrogens is 2. The maximum absolute atomic E-state index is 13.0. The molecule has 4 aromatic rings. The molecule has 2 N–H and O–H groups in total. The zero-order valence-electron chi connectivity index (χ0n) is 19.9. The van der Waals surface area contributed by atoms with E-state index in [9.17, 15) is 19.2 Å². The van der Waals surface area contributed by atoms with Gasteiger partial charge in [0.2, 0.25) is 0 Å². The number of hydrogen-bond acceptors (Lipinski definition) is 4. The first-order valence-corrected chi connectivity index (χ1v) is 12.0. The van der Waals surface area contributed by atoms with Gasteiger partial charge in [-0.1, -0.05) is 25.1 Å². The lowest BCUT2D eigenvalue weighted by Gasteiger charge is -2.30. The summed E-state index contributed by atoms with van der Waals surface area (Å²) in [5, 5.41) is 3.10. The normalized spacial score (nSPS) is 14.1. The van der Waals surface area contributed by atoms with Crippen molar-refractivity contribution in [2.45, 2.75) is 19.8 Å². The number of carbonyl (C=O) groups is 2. The fourth-order valence-corrected chi connectivity index (χ4v) is 4.46. The molecule has 0 saturated carbocycles. The van der Waals surface area contributed by atoms with Gasteiger partial charge in [-0.3, -0.25) is 14.4 Å². The highest BCUT2D eigenvalue weighted by molar-refractivity contribution is 6.06. The number of likely N-dealkylation sites (tertiary alicyclic amines) is 1. The van der Waals surface area contributed by atoms with Crippen molar-refractivity contribution in [3.8, 4) is 5.69 Å². The van der Waals surface area contributed by atoms with Crippen molar-refractivity contribution in [3.63, 3.8) is 0 Å². The van der Waals surface area contributed by atoms with Crippen LogP contribution in [0.4, 0.5) is 5.69 Å². The number of nitrogens with one attached hydrogen (secondary N) is 2. The first-order chi connectivity index (χ1) is 17.4. The summed E-state index contributed by atoms with van der Waals surface area (Å²) in [6.07, 6.45) is 2.02. The highest BCUT2D eigenvalue weighted by Crippen LogP contribution is 2.20. The molecule has 182 valence electrons. The molecule has 1 aliphatic heterocycles. The highest BCUT2D eigenvalue weighted by atomic mass is 16.2. The average Bonchev–Trinajstić information content (AvgIpc) is 2.89.